The lowest BCUT2D eigenvalue weighted by molar-refractivity contribution is -0.107. The van der Waals surface area contributed by atoms with Crippen molar-refractivity contribution in [2.75, 3.05) is 0 Å². The van der Waals surface area contributed by atoms with Gasteiger partial charge in [0.05, 0.1) is 0 Å². The highest BCUT2D eigenvalue weighted by molar-refractivity contribution is 5.49. The molecule has 0 aromatic carbocycles. The van der Waals surface area contributed by atoms with E-state index in [1.54, 1.807) is 0 Å². The van der Waals surface area contributed by atoms with Crippen LogP contribution in [0.3, 0.4) is 0 Å². The predicted octanol–water partition coefficient (Wildman–Crippen LogP) is 1.80. The Morgan fingerprint density at radius 1 is 1.56 bits per heavy atom. The van der Waals surface area contributed by atoms with Crippen molar-refractivity contribution in [2.24, 2.45) is 0 Å². The molecule has 0 heterocycles. The zero-order valence-electron chi connectivity index (χ0n) is 5.76. The fourth-order valence-corrected chi connectivity index (χ4v) is 0.455. The predicted molar refractivity (Wildman–Crippen MR) is 38.2 cm³/mol. The number of rotatable bonds is 5. The number of aldehydes is 1. The maximum absolute atomic E-state index is 9.81. The lowest BCUT2D eigenvalue weighted by Gasteiger charge is -2.02. The molecule has 0 N–H and O–H groups in total. The minimum Gasteiger partial charge on any atom is -0.303 e. The summed E-state index contributed by atoms with van der Waals surface area (Å²) in [5, 5.41) is 0. The molecule has 0 bridgehead atoms. The van der Waals surface area contributed by atoms with Crippen molar-refractivity contribution in [1.82, 2.24) is 0 Å². The first-order valence-electron chi connectivity index (χ1n) is 3.06. The molecule has 0 aromatic heterocycles. The number of carbonyl (C=O) groups excluding carboxylic acids is 1. The molecule has 0 amide bonds. The molecule has 0 atom stereocenters. The summed E-state index contributed by atoms with van der Waals surface area (Å²) in [6.07, 6.45) is 6.21. The Bertz CT molecular complexity index is 69.0. The number of unbranched alkanes of at least 4 members (excludes halogenated alkanes) is 1. The van der Waals surface area contributed by atoms with Gasteiger partial charge in [0.2, 0.25) is 0 Å². The van der Waals surface area contributed by atoms with Crippen LogP contribution in [0.15, 0.2) is 0 Å². The second-order valence-electron chi connectivity index (χ2n) is 1.81. The van der Waals surface area contributed by atoms with Crippen molar-refractivity contribution < 1.29 is 4.79 Å². The summed E-state index contributed by atoms with van der Waals surface area (Å²) < 4.78 is 0. The zero-order chi connectivity index (χ0) is 7.11. The molecule has 0 rings (SSSR count). The largest absolute Gasteiger partial charge is 0.303 e. The third-order valence-corrected chi connectivity index (χ3v) is 1.06. The van der Waals surface area contributed by atoms with Crippen molar-refractivity contribution in [1.29, 1.82) is 0 Å². The summed E-state index contributed by atoms with van der Waals surface area (Å²) in [5.41, 5.74) is 0. The quantitative estimate of drug-likeness (QED) is 0.403. The maximum Gasteiger partial charge on any atom is 0.120 e. The van der Waals surface area contributed by atoms with Gasteiger partial charge in [-0.1, -0.05) is 6.92 Å². The molecule has 50 valence electrons. The molecule has 1 heteroatoms. The van der Waals surface area contributed by atoms with E-state index in [1.807, 2.05) is 19.8 Å². The Hall–Kier alpha value is -0.330. The fraction of sp³-hybridized carbons (Fsp3) is 0.375. The molecular formula is C8H12O. The van der Waals surface area contributed by atoms with E-state index in [2.05, 4.69) is 6.92 Å². The summed E-state index contributed by atoms with van der Waals surface area (Å²) >= 11 is 0. The van der Waals surface area contributed by atoms with E-state index in [0.717, 1.165) is 18.6 Å². The molecule has 0 aliphatic rings. The van der Waals surface area contributed by atoms with E-state index in [9.17, 15) is 4.79 Å². The van der Waals surface area contributed by atoms with Gasteiger partial charge in [-0.2, -0.15) is 0 Å². The van der Waals surface area contributed by atoms with Crippen molar-refractivity contribution in [3.63, 3.8) is 0 Å². The Kier molecular flexibility index (Phi) is 5.59. The fourth-order valence-electron chi connectivity index (χ4n) is 0.455. The monoisotopic (exact) mass is 124 g/mol. The van der Waals surface area contributed by atoms with Gasteiger partial charge >= 0.3 is 0 Å². The Balaban J connectivity index is 2.96. The summed E-state index contributed by atoms with van der Waals surface area (Å²) in [4.78, 5) is 9.81. The van der Waals surface area contributed by atoms with Crippen LogP contribution in [0.2, 0.25) is 0 Å². The van der Waals surface area contributed by atoms with E-state index in [0.29, 0.717) is 6.42 Å². The van der Waals surface area contributed by atoms with Crippen LogP contribution in [-0.4, -0.2) is 6.29 Å². The van der Waals surface area contributed by atoms with Crippen LogP contribution in [0, 0.1) is 25.7 Å². The first-order valence-corrected chi connectivity index (χ1v) is 3.06. The molecule has 0 fully saturated rings. The first-order chi connectivity index (χ1) is 4.31. The second kappa shape index (κ2) is 5.80. The molecule has 0 aliphatic carbocycles. The molecule has 0 spiro atoms. The smallest absolute Gasteiger partial charge is 0.120 e. The molecule has 9 heavy (non-hydrogen) atoms. The highest BCUT2D eigenvalue weighted by Gasteiger charge is 1.97. The van der Waals surface area contributed by atoms with Gasteiger partial charge in [-0.05, 0) is 32.1 Å². The van der Waals surface area contributed by atoms with Gasteiger partial charge in [0.15, 0.2) is 0 Å². The first kappa shape index (κ1) is 8.67. The van der Waals surface area contributed by atoms with E-state index >= 15 is 0 Å². The van der Waals surface area contributed by atoms with Gasteiger partial charge in [-0.3, -0.25) is 0 Å². The number of hydrogen-bond acceptors (Lipinski definition) is 1. The average Bonchev–Trinajstić information content (AvgIpc) is 1.89. The van der Waals surface area contributed by atoms with Crippen molar-refractivity contribution in [3.05, 3.63) is 25.7 Å². The summed E-state index contributed by atoms with van der Waals surface area (Å²) in [6.45, 7) is 5.65. The third kappa shape index (κ3) is 5.54. The Morgan fingerprint density at radius 2 is 2.22 bits per heavy atom. The molecule has 1 nitrogen and oxygen atoms in total. The molecule has 0 aliphatic heterocycles. The van der Waals surface area contributed by atoms with Gasteiger partial charge in [-0.25, -0.2) is 0 Å². The molecular weight excluding hydrogens is 112 g/mol. The van der Waals surface area contributed by atoms with Crippen LogP contribution in [-0.2, 0) is 4.79 Å². The van der Waals surface area contributed by atoms with Crippen LogP contribution >= 0.6 is 0 Å². The van der Waals surface area contributed by atoms with Crippen molar-refractivity contribution in [3.8, 4) is 0 Å². The number of hydrogen-bond donors (Lipinski definition) is 0. The standard InChI is InChI=1S/C8H12O/c1-3-8(2)6-4-5-7-9/h3,6-7H,2,4-5H2,1H3. The zero-order valence-corrected chi connectivity index (χ0v) is 5.76. The van der Waals surface area contributed by atoms with Gasteiger partial charge in [0.1, 0.15) is 6.29 Å². The molecule has 0 aromatic rings. The minimum atomic E-state index is 0.604. The molecule has 0 unspecified atom stereocenters. The van der Waals surface area contributed by atoms with Gasteiger partial charge in [0.25, 0.3) is 0 Å². The Labute approximate surface area is 57.5 Å². The van der Waals surface area contributed by atoms with Crippen LogP contribution in [0.1, 0.15) is 19.8 Å². The normalized spacial score (nSPS) is 10.1. The topological polar surface area (TPSA) is 17.1 Å². The number of carbonyl (C=O) groups is 1. The van der Waals surface area contributed by atoms with E-state index < -0.39 is 0 Å². The molecule has 0 saturated heterocycles. The molecule has 0 saturated carbocycles. The lowest BCUT2D eigenvalue weighted by Crippen LogP contribution is -1.91. The van der Waals surface area contributed by atoms with Crippen LogP contribution in [0.4, 0.5) is 0 Å². The summed E-state index contributed by atoms with van der Waals surface area (Å²) in [7, 11) is 0. The van der Waals surface area contributed by atoms with E-state index in [1.165, 1.54) is 0 Å². The van der Waals surface area contributed by atoms with Crippen LogP contribution in [0.5, 0.6) is 0 Å². The summed E-state index contributed by atoms with van der Waals surface area (Å²) in [5.74, 6) is 0.997. The SMILES string of the molecule is [CH2][C]([CH]C)[CH]CCC=O. The summed E-state index contributed by atoms with van der Waals surface area (Å²) in [6, 6.07) is 0. The van der Waals surface area contributed by atoms with Crippen LogP contribution in [0.25, 0.3) is 0 Å². The minimum absolute atomic E-state index is 0.604. The Morgan fingerprint density at radius 3 is 2.67 bits per heavy atom. The van der Waals surface area contributed by atoms with Gasteiger partial charge in [0, 0.05) is 6.42 Å². The van der Waals surface area contributed by atoms with E-state index in [4.69, 9.17) is 0 Å². The highest BCUT2D eigenvalue weighted by atomic mass is 16.1. The van der Waals surface area contributed by atoms with Crippen LogP contribution < -0.4 is 0 Å². The van der Waals surface area contributed by atoms with E-state index in [-0.39, 0.29) is 0 Å². The third-order valence-electron chi connectivity index (χ3n) is 1.06. The van der Waals surface area contributed by atoms with Gasteiger partial charge in [-0.15, -0.1) is 0 Å². The van der Waals surface area contributed by atoms with Crippen molar-refractivity contribution in [2.45, 2.75) is 19.8 Å². The van der Waals surface area contributed by atoms with Crippen molar-refractivity contribution >= 4 is 6.29 Å². The average molecular weight is 124 g/mol. The second-order valence-corrected chi connectivity index (χ2v) is 1.81. The lowest BCUT2D eigenvalue weighted by atomic mass is 10.0. The highest BCUT2D eigenvalue weighted by Crippen LogP contribution is 2.09. The molecule has 4 radical (unpaired) electrons. The van der Waals surface area contributed by atoms with Gasteiger partial charge < -0.3 is 4.79 Å². The maximum atomic E-state index is 9.81.